The molecule has 0 fully saturated rings. The van der Waals surface area contributed by atoms with Crippen LogP contribution in [0.3, 0.4) is 0 Å². The number of benzene rings is 1. The highest BCUT2D eigenvalue weighted by Crippen LogP contribution is 2.20. The van der Waals surface area contributed by atoms with Crippen molar-refractivity contribution in [3.05, 3.63) is 29.3 Å². The van der Waals surface area contributed by atoms with Gasteiger partial charge in [0.05, 0.1) is 13.5 Å². The predicted octanol–water partition coefficient (Wildman–Crippen LogP) is 0.159. The van der Waals surface area contributed by atoms with Gasteiger partial charge < -0.3 is 15.6 Å². The molecular formula is C12H11NO4. The third-order valence-electron chi connectivity index (χ3n) is 1.96. The summed E-state index contributed by atoms with van der Waals surface area (Å²) in [5.41, 5.74) is 5.97. The van der Waals surface area contributed by atoms with E-state index in [-0.39, 0.29) is 6.42 Å². The van der Waals surface area contributed by atoms with Gasteiger partial charge >= 0.3 is 5.97 Å². The van der Waals surface area contributed by atoms with Crippen molar-refractivity contribution in [3.8, 4) is 17.6 Å². The van der Waals surface area contributed by atoms with Gasteiger partial charge in [-0.15, -0.1) is 0 Å². The molecule has 0 spiro atoms. The molecule has 0 saturated heterocycles. The average Bonchev–Trinajstić information content (AvgIpc) is 2.26. The van der Waals surface area contributed by atoms with Gasteiger partial charge in [-0.2, -0.15) is 0 Å². The number of rotatable bonds is 3. The van der Waals surface area contributed by atoms with Gasteiger partial charge in [0.1, 0.15) is 5.75 Å². The molecule has 1 amide bonds. The van der Waals surface area contributed by atoms with Crippen LogP contribution in [0.2, 0.25) is 0 Å². The zero-order chi connectivity index (χ0) is 12.8. The van der Waals surface area contributed by atoms with Crippen molar-refractivity contribution >= 4 is 11.9 Å². The number of aliphatic carboxylic acids is 1. The van der Waals surface area contributed by atoms with Gasteiger partial charge in [0.15, 0.2) is 0 Å². The summed E-state index contributed by atoms with van der Waals surface area (Å²) >= 11 is 0. The largest absolute Gasteiger partial charge is 0.496 e. The molecule has 0 unspecified atom stereocenters. The first-order chi connectivity index (χ1) is 8.02. The minimum atomic E-state index is -0.945. The lowest BCUT2D eigenvalue weighted by Crippen LogP contribution is -2.06. The Morgan fingerprint density at radius 2 is 2.18 bits per heavy atom. The molecular weight excluding hydrogens is 222 g/mol. The number of methoxy groups -OCH3 is 1. The number of hydrogen-bond acceptors (Lipinski definition) is 3. The molecule has 0 atom stereocenters. The van der Waals surface area contributed by atoms with E-state index in [4.69, 9.17) is 15.6 Å². The molecule has 17 heavy (non-hydrogen) atoms. The summed E-state index contributed by atoms with van der Waals surface area (Å²) in [5.74, 6) is 3.49. The molecule has 0 radical (unpaired) electrons. The summed E-state index contributed by atoms with van der Waals surface area (Å²) in [7, 11) is 1.44. The van der Waals surface area contributed by atoms with Crippen molar-refractivity contribution in [2.24, 2.45) is 5.73 Å². The Kier molecular flexibility index (Phi) is 4.12. The van der Waals surface area contributed by atoms with Crippen LogP contribution in [-0.2, 0) is 16.0 Å². The molecule has 1 rings (SSSR count). The number of carboxylic acids is 1. The number of carbonyl (C=O) groups excluding carboxylic acids is 1. The van der Waals surface area contributed by atoms with Crippen LogP contribution in [0.1, 0.15) is 11.1 Å². The maximum Gasteiger partial charge on any atom is 0.307 e. The first kappa shape index (κ1) is 12.6. The first-order valence-electron chi connectivity index (χ1n) is 4.73. The van der Waals surface area contributed by atoms with Crippen LogP contribution in [0.25, 0.3) is 0 Å². The van der Waals surface area contributed by atoms with Crippen LogP contribution in [0.4, 0.5) is 0 Å². The maximum atomic E-state index is 10.6. The summed E-state index contributed by atoms with van der Waals surface area (Å²) in [4.78, 5) is 21.1. The first-order valence-corrected chi connectivity index (χ1v) is 4.73. The highest BCUT2D eigenvalue weighted by molar-refractivity contribution is 5.92. The van der Waals surface area contributed by atoms with Crippen molar-refractivity contribution in [1.82, 2.24) is 0 Å². The van der Waals surface area contributed by atoms with E-state index in [1.54, 1.807) is 18.2 Å². The molecule has 1 aromatic carbocycles. The number of hydrogen-bond donors (Lipinski definition) is 2. The van der Waals surface area contributed by atoms with Crippen molar-refractivity contribution in [3.63, 3.8) is 0 Å². The van der Waals surface area contributed by atoms with Crippen LogP contribution in [-0.4, -0.2) is 24.1 Å². The molecule has 88 valence electrons. The Balaban J connectivity index is 3.05. The van der Waals surface area contributed by atoms with E-state index in [0.717, 1.165) is 0 Å². The van der Waals surface area contributed by atoms with Gasteiger partial charge in [-0.1, -0.05) is 12.0 Å². The quantitative estimate of drug-likeness (QED) is 0.728. The second kappa shape index (κ2) is 5.56. The summed E-state index contributed by atoms with van der Waals surface area (Å²) in [5, 5.41) is 8.69. The van der Waals surface area contributed by atoms with Crippen molar-refractivity contribution in [1.29, 1.82) is 0 Å². The van der Waals surface area contributed by atoms with Crippen LogP contribution in [0.5, 0.6) is 5.75 Å². The van der Waals surface area contributed by atoms with Gasteiger partial charge in [0.2, 0.25) is 0 Å². The van der Waals surface area contributed by atoms with E-state index in [1.165, 1.54) is 7.11 Å². The van der Waals surface area contributed by atoms with Crippen molar-refractivity contribution in [2.45, 2.75) is 6.42 Å². The molecule has 5 heteroatoms. The highest BCUT2D eigenvalue weighted by Gasteiger charge is 2.07. The summed E-state index contributed by atoms with van der Waals surface area (Å²) < 4.78 is 5.05. The number of amides is 1. The van der Waals surface area contributed by atoms with Gasteiger partial charge in [0.25, 0.3) is 5.91 Å². The molecule has 5 nitrogen and oxygen atoms in total. The Bertz CT molecular complexity index is 511. The molecule has 0 bridgehead atoms. The molecule has 0 saturated carbocycles. The maximum absolute atomic E-state index is 10.6. The lowest BCUT2D eigenvalue weighted by atomic mass is 10.1. The third kappa shape index (κ3) is 3.87. The second-order valence-electron chi connectivity index (χ2n) is 3.21. The zero-order valence-electron chi connectivity index (χ0n) is 9.19. The van der Waals surface area contributed by atoms with Crippen LogP contribution in [0, 0.1) is 11.8 Å². The standard InChI is InChI=1S/C12H11NO4/c1-17-10-6-8(3-5-11(13)14)2-4-9(10)7-12(15)16/h2,4,6H,7H2,1H3,(H2,13,14)(H,15,16). The second-order valence-corrected chi connectivity index (χ2v) is 3.21. The van der Waals surface area contributed by atoms with E-state index < -0.39 is 11.9 Å². The lowest BCUT2D eigenvalue weighted by Gasteiger charge is -2.06. The van der Waals surface area contributed by atoms with Gasteiger partial charge in [0, 0.05) is 11.1 Å². The molecule has 1 aromatic rings. The van der Waals surface area contributed by atoms with E-state index in [0.29, 0.717) is 16.9 Å². The normalized spacial score (nSPS) is 9.00. The summed E-state index contributed by atoms with van der Waals surface area (Å²) in [6.45, 7) is 0. The van der Waals surface area contributed by atoms with Gasteiger partial charge in [-0.3, -0.25) is 9.59 Å². The third-order valence-corrected chi connectivity index (χ3v) is 1.96. The Labute approximate surface area is 98.2 Å². The van der Waals surface area contributed by atoms with E-state index >= 15 is 0 Å². The fourth-order valence-electron chi connectivity index (χ4n) is 1.27. The highest BCUT2D eigenvalue weighted by atomic mass is 16.5. The Morgan fingerprint density at radius 1 is 1.47 bits per heavy atom. The number of ether oxygens (including phenoxy) is 1. The SMILES string of the molecule is COc1cc(C#CC(N)=O)ccc1CC(=O)O. The number of carboxylic acid groups (broad SMARTS) is 1. The van der Waals surface area contributed by atoms with Gasteiger partial charge in [-0.25, -0.2) is 0 Å². The number of primary amides is 1. The zero-order valence-corrected chi connectivity index (χ0v) is 9.19. The van der Waals surface area contributed by atoms with E-state index in [2.05, 4.69) is 11.8 Å². The van der Waals surface area contributed by atoms with E-state index in [9.17, 15) is 9.59 Å². The van der Waals surface area contributed by atoms with Crippen molar-refractivity contribution < 1.29 is 19.4 Å². The average molecular weight is 233 g/mol. The smallest absolute Gasteiger partial charge is 0.307 e. The molecule has 3 N–H and O–H groups in total. The molecule has 0 aliphatic heterocycles. The molecule has 0 aromatic heterocycles. The van der Waals surface area contributed by atoms with Crippen LogP contribution in [0.15, 0.2) is 18.2 Å². The number of carbonyl (C=O) groups is 2. The summed E-state index contributed by atoms with van der Waals surface area (Å²) in [6.07, 6.45) is -0.132. The molecule has 0 heterocycles. The Hall–Kier alpha value is -2.48. The fraction of sp³-hybridized carbons (Fsp3) is 0.167. The lowest BCUT2D eigenvalue weighted by molar-refractivity contribution is -0.136. The Morgan fingerprint density at radius 3 is 2.71 bits per heavy atom. The monoisotopic (exact) mass is 233 g/mol. The van der Waals surface area contributed by atoms with E-state index in [1.807, 2.05) is 0 Å². The van der Waals surface area contributed by atoms with Crippen molar-refractivity contribution in [2.75, 3.05) is 7.11 Å². The number of nitrogens with two attached hydrogens (primary N) is 1. The van der Waals surface area contributed by atoms with Crippen LogP contribution < -0.4 is 10.5 Å². The topological polar surface area (TPSA) is 89.6 Å². The predicted molar refractivity (Wildman–Crippen MR) is 60.4 cm³/mol. The fourth-order valence-corrected chi connectivity index (χ4v) is 1.27. The van der Waals surface area contributed by atoms with Crippen LogP contribution >= 0.6 is 0 Å². The minimum absolute atomic E-state index is 0.132. The van der Waals surface area contributed by atoms with Gasteiger partial charge in [-0.05, 0) is 18.1 Å². The summed E-state index contributed by atoms with van der Waals surface area (Å²) in [6, 6.07) is 4.77. The molecule has 0 aliphatic rings. The minimum Gasteiger partial charge on any atom is -0.496 e. The molecule has 0 aliphatic carbocycles.